The van der Waals surface area contributed by atoms with Gasteiger partial charge in [-0.2, -0.15) is 0 Å². The van der Waals surface area contributed by atoms with E-state index < -0.39 is 5.97 Å². The van der Waals surface area contributed by atoms with E-state index in [4.69, 9.17) is 17.3 Å². The maximum Gasteiger partial charge on any atom is 0.304 e. The first-order valence-corrected chi connectivity index (χ1v) is 8.00. The summed E-state index contributed by atoms with van der Waals surface area (Å²) in [6.07, 6.45) is 0.0998. The minimum absolute atomic E-state index is 0.0998. The minimum Gasteiger partial charge on any atom is -0.481 e. The third-order valence-electron chi connectivity index (χ3n) is 2.84. The number of hydrogen-bond donors (Lipinski definition) is 3. The third kappa shape index (κ3) is 4.44. The van der Waals surface area contributed by atoms with E-state index in [1.807, 2.05) is 18.2 Å². The zero-order valence-corrected chi connectivity index (χ0v) is 13.5. The van der Waals surface area contributed by atoms with Gasteiger partial charge < -0.3 is 15.4 Å². The maximum absolute atomic E-state index is 10.5. The van der Waals surface area contributed by atoms with Crippen LogP contribution in [-0.4, -0.2) is 31.1 Å². The van der Waals surface area contributed by atoms with Crippen LogP contribution in [0, 0.1) is 0 Å². The van der Waals surface area contributed by atoms with Crippen LogP contribution in [0.4, 0.5) is 5.69 Å². The van der Waals surface area contributed by atoms with E-state index >= 15 is 0 Å². The van der Waals surface area contributed by atoms with Gasteiger partial charge in [0.05, 0.1) is 17.5 Å². The molecule has 3 N–H and O–H groups in total. The minimum atomic E-state index is -0.815. The number of aliphatic carboxylic acids is 1. The van der Waals surface area contributed by atoms with Crippen LogP contribution < -0.4 is 5.32 Å². The molecule has 112 valence electrons. The number of fused-ring (bicyclic) bond motifs is 1. The monoisotopic (exact) mass is 323 g/mol. The Balaban J connectivity index is 2.02. The van der Waals surface area contributed by atoms with Gasteiger partial charge in [-0.25, -0.2) is 4.98 Å². The molecule has 1 heterocycles. The number of carbonyl (C=O) groups is 1. The first kappa shape index (κ1) is 15.8. The second kappa shape index (κ2) is 6.91. The van der Waals surface area contributed by atoms with Gasteiger partial charge in [0.1, 0.15) is 10.1 Å². The normalized spacial score (nSPS) is 11.0. The number of H-pyrrole nitrogens is 1. The van der Waals surface area contributed by atoms with Crippen molar-refractivity contribution in [3.63, 3.8) is 0 Å². The number of anilines is 1. The lowest BCUT2D eigenvalue weighted by Gasteiger charge is -2.06. The molecule has 0 aliphatic rings. The number of nitrogens with one attached hydrogen (secondary N) is 2. The number of hydrogen-bond acceptors (Lipinski definition) is 4. The van der Waals surface area contributed by atoms with E-state index in [9.17, 15) is 4.79 Å². The van der Waals surface area contributed by atoms with Gasteiger partial charge in [-0.3, -0.25) is 4.79 Å². The van der Waals surface area contributed by atoms with E-state index in [2.05, 4.69) is 29.1 Å². The van der Waals surface area contributed by atoms with Gasteiger partial charge in [0.2, 0.25) is 0 Å². The summed E-state index contributed by atoms with van der Waals surface area (Å²) in [5.74, 6) is 0.954. The molecular weight excluding hydrogens is 306 g/mol. The number of benzene rings is 1. The molecule has 2 rings (SSSR count). The molecule has 0 radical (unpaired) electrons. The smallest absolute Gasteiger partial charge is 0.304 e. The quantitative estimate of drug-likeness (QED) is 0.730. The molecule has 0 spiro atoms. The Labute approximate surface area is 132 Å². The Hall–Kier alpha value is -1.60. The second-order valence-corrected chi connectivity index (χ2v) is 6.69. The molecular formula is C14H17N3O2S2. The highest BCUT2D eigenvalue weighted by atomic mass is 32.2. The topological polar surface area (TPSA) is 78.0 Å². The number of rotatable bonds is 5. The third-order valence-corrected chi connectivity index (χ3v) is 4.07. The molecule has 0 aliphatic heterocycles. The summed E-state index contributed by atoms with van der Waals surface area (Å²) in [6, 6.07) is 5.82. The summed E-state index contributed by atoms with van der Waals surface area (Å²) in [7, 11) is 0. The van der Waals surface area contributed by atoms with Crippen molar-refractivity contribution in [3.05, 3.63) is 24.0 Å². The van der Waals surface area contributed by atoms with Gasteiger partial charge in [0, 0.05) is 17.4 Å². The van der Waals surface area contributed by atoms with Crippen LogP contribution in [-0.2, 0) is 4.79 Å². The lowest BCUT2D eigenvalue weighted by atomic mass is 10.2. The molecule has 0 saturated heterocycles. The van der Waals surface area contributed by atoms with Crippen LogP contribution in [0.25, 0.3) is 11.0 Å². The van der Waals surface area contributed by atoms with Gasteiger partial charge in [-0.15, -0.1) is 0 Å². The number of imidazole rings is 1. The lowest BCUT2D eigenvalue weighted by Crippen LogP contribution is -2.06. The van der Waals surface area contributed by atoms with E-state index in [1.165, 1.54) is 11.8 Å². The van der Waals surface area contributed by atoms with Gasteiger partial charge in [-0.05, 0) is 18.2 Å². The van der Waals surface area contributed by atoms with Crippen molar-refractivity contribution in [3.8, 4) is 0 Å². The zero-order chi connectivity index (χ0) is 15.4. The van der Waals surface area contributed by atoms with Crippen LogP contribution in [0.1, 0.15) is 32.0 Å². The number of aromatic nitrogens is 2. The van der Waals surface area contributed by atoms with Crippen molar-refractivity contribution in [2.75, 3.05) is 11.1 Å². The van der Waals surface area contributed by atoms with E-state index in [0.29, 0.717) is 16.0 Å². The second-order valence-electron chi connectivity index (χ2n) is 4.91. The Bertz CT molecular complexity index is 667. The average Bonchev–Trinajstić information content (AvgIpc) is 2.81. The number of thiocarbonyl (C=S) groups is 1. The number of thioether (sulfide) groups is 1. The van der Waals surface area contributed by atoms with Crippen molar-refractivity contribution in [1.29, 1.82) is 0 Å². The fourth-order valence-corrected chi connectivity index (χ4v) is 2.78. The standard InChI is InChI=1S/C14H17N3O2S2/c1-8(2)13-16-10-4-3-9(7-11(10)17-13)15-14(20)21-6-5-12(18)19/h3-4,7-8H,5-6H2,1-2H3,(H,15,20)(H,16,17)(H,18,19). The number of carboxylic acid groups (broad SMARTS) is 1. The lowest BCUT2D eigenvalue weighted by molar-refractivity contribution is -0.136. The van der Waals surface area contributed by atoms with Crippen molar-refractivity contribution < 1.29 is 9.90 Å². The van der Waals surface area contributed by atoms with Crippen molar-refractivity contribution in [2.45, 2.75) is 26.2 Å². The largest absolute Gasteiger partial charge is 0.481 e. The van der Waals surface area contributed by atoms with Gasteiger partial charge in [0.15, 0.2) is 0 Å². The van der Waals surface area contributed by atoms with Crippen LogP contribution in [0.2, 0.25) is 0 Å². The fraction of sp³-hybridized carbons (Fsp3) is 0.357. The highest BCUT2D eigenvalue weighted by Gasteiger charge is 2.08. The van der Waals surface area contributed by atoms with Crippen molar-refractivity contribution in [2.24, 2.45) is 0 Å². The predicted octanol–water partition coefficient (Wildman–Crippen LogP) is 3.59. The summed E-state index contributed by atoms with van der Waals surface area (Å²) in [5.41, 5.74) is 2.74. The molecule has 1 aromatic heterocycles. The van der Waals surface area contributed by atoms with Crippen molar-refractivity contribution in [1.82, 2.24) is 9.97 Å². The molecule has 7 heteroatoms. The summed E-state index contributed by atoms with van der Waals surface area (Å²) >= 11 is 6.51. The molecule has 0 aliphatic carbocycles. The number of nitrogens with zero attached hydrogens (tertiary/aromatic N) is 1. The molecule has 0 bridgehead atoms. The highest BCUT2D eigenvalue weighted by Crippen LogP contribution is 2.21. The van der Waals surface area contributed by atoms with E-state index in [0.717, 1.165) is 22.5 Å². The molecule has 2 aromatic rings. The molecule has 0 saturated carbocycles. The van der Waals surface area contributed by atoms with Crippen molar-refractivity contribution >= 4 is 51.0 Å². The van der Waals surface area contributed by atoms with Gasteiger partial charge in [-0.1, -0.05) is 37.8 Å². The first-order valence-electron chi connectivity index (χ1n) is 6.61. The Kier molecular flexibility index (Phi) is 5.19. The highest BCUT2D eigenvalue weighted by molar-refractivity contribution is 8.23. The van der Waals surface area contributed by atoms with Gasteiger partial charge in [0.25, 0.3) is 0 Å². The maximum atomic E-state index is 10.5. The first-order chi connectivity index (χ1) is 9.95. The van der Waals surface area contributed by atoms with Crippen LogP contribution >= 0.6 is 24.0 Å². The SMILES string of the molecule is CC(C)c1nc2cc(NC(=S)SCCC(=O)O)ccc2[nH]1. The summed E-state index contributed by atoms with van der Waals surface area (Å²) in [4.78, 5) is 18.3. The summed E-state index contributed by atoms with van der Waals surface area (Å²) < 4.78 is 0.565. The van der Waals surface area contributed by atoms with Gasteiger partial charge >= 0.3 is 5.97 Å². The average molecular weight is 323 g/mol. The molecule has 21 heavy (non-hydrogen) atoms. The summed E-state index contributed by atoms with van der Waals surface area (Å²) in [6.45, 7) is 4.18. The molecule has 1 aromatic carbocycles. The van der Waals surface area contributed by atoms with Crippen LogP contribution in [0.5, 0.6) is 0 Å². The molecule has 0 fully saturated rings. The van der Waals surface area contributed by atoms with Crippen LogP contribution in [0.15, 0.2) is 18.2 Å². The predicted molar refractivity (Wildman–Crippen MR) is 91.1 cm³/mol. The molecule has 0 amide bonds. The molecule has 0 atom stereocenters. The van der Waals surface area contributed by atoms with E-state index in [-0.39, 0.29) is 6.42 Å². The van der Waals surface area contributed by atoms with Crippen LogP contribution in [0.3, 0.4) is 0 Å². The summed E-state index contributed by atoms with van der Waals surface area (Å²) in [5, 5.41) is 11.7. The number of carboxylic acids is 1. The molecule has 0 unspecified atom stereocenters. The fourth-order valence-electron chi connectivity index (χ4n) is 1.76. The Morgan fingerprint density at radius 2 is 2.29 bits per heavy atom. The Morgan fingerprint density at radius 1 is 1.52 bits per heavy atom. The number of aromatic amines is 1. The van der Waals surface area contributed by atoms with E-state index in [1.54, 1.807) is 0 Å². The molecule has 5 nitrogen and oxygen atoms in total. The Morgan fingerprint density at radius 3 is 2.95 bits per heavy atom. The zero-order valence-electron chi connectivity index (χ0n) is 11.8.